The fourth-order valence-electron chi connectivity index (χ4n) is 1.88. The molecule has 0 saturated heterocycles. The first kappa shape index (κ1) is 19.4. The van der Waals surface area contributed by atoms with Gasteiger partial charge in [-0.25, -0.2) is 4.79 Å². The highest BCUT2D eigenvalue weighted by atomic mass is 35.5. The molecule has 0 aromatic heterocycles. The highest BCUT2D eigenvalue weighted by Crippen LogP contribution is 2.25. The summed E-state index contributed by atoms with van der Waals surface area (Å²) in [6.45, 7) is 1.02. The van der Waals surface area contributed by atoms with E-state index in [0.717, 1.165) is 5.56 Å². The molecule has 0 radical (unpaired) electrons. The minimum atomic E-state index is -0.674. The molecule has 0 heterocycles. The van der Waals surface area contributed by atoms with Crippen LogP contribution in [-0.4, -0.2) is 25.1 Å². The molecule has 132 valence electrons. The van der Waals surface area contributed by atoms with Gasteiger partial charge < -0.3 is 14.8 Å². The van der Waals surface area contributed by atoms with E-state index in [2.05, 4.69) is 5.32 Å². The number of anilines is 1. The second kappa shape index (κ2) is 8.94. The molecule has 0 atom stereocenters. The van der Waals surface area contributed by atoms with Crippen LogP contribution in [0.15, 0.2) is 36.4 Å². The second-order valence-corrected chi connectivity index (χ2v) is 6.31. The highest BCUT2D eigenvalue weighted by Gasteiger charge is 2.11. The maximum atomic E-state index is 11.8. The third-order valence-corrected chi connectivity index (χ3v) is 3.83. The van der Waals surface area contributed by atoms with Crippen LogP contribution in [0.3, 0.4) is 0 Å². The predicted octanol–water partition coefficient (Wildman–Crippen LogP) is 4.52. The van der Waals surface area contributed by atoms with Crippen molar-refractivity contribution in [1.82, 2.24) is 0 Å². The molecular weight excluding hydrogens is 389 g/mol. The number of esters is 1. The van der Waals surface area contributed by atoms with Crippen molar-refractivity contribution in [3.8, 4) is 5.75 Å². The summed E-state index contributed by atoms with van der Waals surface area (Å²) >= 11 is 17.6. The fourth-order valence-corrected chi connectivity index (χ4v) is 2.56. The first-order valence-corrected chi connectivity index (χ1v) is 8.28. The van der Waals surface area contributed by atoms with Crippen molar-refractivity contribution in [2.75, 3.05) is 18.5 Å². The van der Waals surface area contributed by atoms with Gasteiger partial charge in [-0.05, 0) is 48.9 Å². The number of aryl methyl sites for hydroxylation is 1. The highest BCUT2D eigenvalue weighted by molar-refractivity contribution is 6.36. The van der Waals surface area contributed by atoms with Gasteiger partial charge >= 0.3 is 5.97 Å². The van der Waals surface area contributed by atoms with E-state index in [1.165, 1.54) is 6.07 Å². The van der Waals surface area contributed by atoms with E-state index in [1.807, 2.05) is 0 Å². The third-order valence-electron chi connectivity index (χ3n) is 3.05. The van der Waals surface area contributed by atoms with Crippen molar-refractivity contribution in [2.45, 2.75) is 6.92 Å². The normalized spacial score (nSPS) is 10.2. The smallest absolute Gasteiger partial charge is 0.344 e. The lowest BCUT2D eigenvalue weighted by Gasteiger charge is -2.10. The number of carbonyl (C=O) groups is 2. The molecule has 0 bridgehead atoms. The van der Waals surface area contributed by atoms with E-state index < -0.39 is 18.5 Å². The monoisotopic (exact) mass is 401 g/mol. The van der Waals surface area contributed by atoms with Crippen LogP contribution in [-0.2, 0) is 14.3 Å². The van der Waals surface area contributed by atoms with Crippen LogP contribution in [0.5, 0.6) is 5.75 Å². The molecule has 5 nitrogen and oxygen atoms in total. The molecule has 25 heavy (non-hydrogen) atoms. The van der Waals surface area contributed by atoms with Crippen molar-refractivity contribution in [3.63, 3.8) is 0 Å². The van der Waals surface area contributed by atoms with Gasteiger partial charge in [0.15, 0.2) is 13.2 Å². The fraction of sp³-hybridized carbons (Fsp3) is 0.176. The van der Waals surface area contributed by atoms with Crippen LogP contribution in [0.4, 0.5) is 5.69 Å². The second-order valence-electron chi connectivity index (χ2n) is 5.03. The van der Waals surface area contributed by atoms with Crippen molar-refractivity contribution in [3.05, 3.63) is 57.0 Å². The Bertz CT molecular complexity index is 795. The number of hydrogen-bond acceptors (Lipinski definition) is 4. The lowest BCUT2D eigenvalue weighted by Crippen LogP contribution is -2.23. The third kappa shape index (κ3) is 6.12. The van der Waals surface area contributed by atoms with Gasteiger partial charge in [0.25, 0.3) is 5.91 Å². The van der Waals surface area contributed by atoms with Crippen LogP contribution in [0, 0.1) is 6.92 Å². The minimum absolute atomic E-state index is 0.286. The number of ether oxygens (including phenoxy) is 2. The van der Waals surface area contributed by atoms with Gasteiger partial charge in [-0.2, -0.15) is 0 Å². The summed E-state index contributed by atoms with van der Waals surface area (Å²) in [5, 5.41) is 3.83. The number of rotatable bonds is 6. The molecule has 1 N–H and O–H groups in total. The maximum Gasteiger partial charge on any atom is 0.344 e. The number of hydrogen-bond donors (Lipinski definition) is 1. The van der Waals surface area contributed by atoms with E-state index in [0.29, 0.717) is 21.5 Å². The number of carbonyl (C=O) groups excluding carboxylic acids is 2. The van der Waals surface area contributed by atoms with Crippen molar-refractivity contribution in [2.24, 2.45) is 0 Å². The Kier molecular flexibility index (Phi) is 6.93. The van der Waals surface area contributed by atoms with Crippen LogP contribution in [0.25, 0.3) is 0 Å². The van der Waals surface area contributed by atoms with Gasteiger partial charge in [0, 0.05) is 10.0 Å². The molecule has 2 rings (SSSR count). The first-order chi connectivity index (χ1) is 11.8. The molecule has 0 spiro atoms. The van der Waals surface area contributed by atoms with Crippen LogP contribution < -0.4 is 10.1 Å². The van der Waals surface area contributed by atoms with Crippen LogP contribution in [0.2, 0.25) is 15.1 Å². The molecule has 0 aliphatic rings. The van der Waals surface area contributed by atoms with Crippen LogP contribution in [0.1, 0.15) is 5.56 Å². The van der Waals surface area contributed by atoms with Crippen molar-refractivity contribution in [1.29, 1.82) is 0 Å². The molecular formula is C17H14Cl3NO4. The lowest BCUT2D eigenvalue weighted by molar-refractivity contribution is -0.149. The average Bonchev–Trinajstić information content (AvgIpc) is 2.55. The van der Waals surface area contributed by atoms with Gasteiger partial charge in [-0.15, -0.1) is 0 Å². The van der Waals surface area contributed by atoms with E-state index in [-0.39, 0.29) is 11.6 Å². The first-order valence-electron chi connectivity index (χ1n) is 7.14. The molecule has 0 aliphatic carbocycles. The predicted molar refractivity (Wildman–Crippen MR) is 97.7 cm³/mol. The Morgan fingerprint density at radius 2 is 1.68 bits per heavy atom. The summed E-state index contributed by atoms with van der Waals surface area (Å²) in [7, 11) is 0. The minimum Gasteiger partial charge on any atom is -0.482 e. The lowest BCUT2D eigenvalue weighted by atomic mass is 10.2. The largest absolute Gasteiger partial charge is 0.482 e. The molecule has 0 saturated carbocycles. The quantitative estimate of drug-likeness (QED) is 0.722. The molecule has 0 unspecified atom stereocenters. The van der Waals surface area contributed by atoms with Crippen LogP contribution >= 0.6 is 34.8 Å². The van der Waals surface area contributed by atoms with Gasteiger partial charge in [-0.3, -0.25) is 4.79 Å². The molecule has 2 aromatic rings. The molecule has 2 aromatic carbocycles. The number of benzene rings is 2. The zero-order valence-corrected chi connectivity index (χ0v) is 15.4. The summed E-state index contributed by atoms with van der Waals surface area (Å²) in [4.78, 5) is 23.5. The zero-order chi connectivity index (χ0) is 18.4. The van der Waals surface area contributed by atoms with Gasteiger partial charge in [-0.1, -0.05) is 34.8 Å². The van der Waals surface area contributed by atoms with E-state index in [1.54, 1.807) is 37.3 Å². The SMILES string of the molecule is Cc1cc(Cl)ccc1OCC(=O)OCC(=O)Nc1ccc(Cl)cc1Cl. The molecule has 0 aliphatic heterocycles. The molecule has 8 heteroatoms. The average molecular weight is 403 g/mol. The number of amides is 1. The number of halogens is 3. The Hall–Kier alpha value is -1.95. The maximum absolute atomic E-state index is 11.8. The summed E-state index contributed by atoms with van der Waals surface area (Å²) in [6.07, 6.45) is 0. The summed E-state index contributed by atoms with van der Waals surface area (Å²) in [6, 6.07) is 9.64. The number of nitrogens with one attached hydrogen (secondary N) is 1. The Morgan fingerprint density at radius 1 is 1.00 bits per heavy atom. The Balaban J connectivity index is 1.78. The summed E-state index contributed by atoms with van der Waals surface area (Å²) in [5.74, 6) is -0.689. The van der Waals surface area contributed by atoms with Gasteiger partial charge in [0.1, 0.15) is 5.75 Å². The van der Waals surface area contributed by atoms with E-state index in [9.17, 15) is 9.59 Å². The van der Waals surface area contributed by atoms with E-state index in [4.69, 9.17) is 44.3 Å². The van der Waals surface area contributed by atoms with E-state index >= 15 is 0 Å². The zero-order valence-electron chi connectivity index (χ0n) is 13.1. The summed E-state index contributed by atoms with van der Waals surface area (Å²) in [5.41, 5.74) is 1.16. The van der Waals surface area contributed by atoms with Gasteiger partial charge in [0.05, 0.1) is 10.7 Å². The molecule has 0 fully saturated rings. The summed E-state index contributed by atoms with van der Waals surface area (Å²) < 4.78 is 10.2. The Morgan fingerprint density at radius 3 is 2.36 bits per heavy atom. The van der Waals surface area contributed by atoms with Crippen molar-refractivity contribution < 1.29 is 19.1 Å². The topological polar surface area (TPSA) is 64.6 Å². The van der Waals surface area contributed by atoms with Gasteiger partial charge in [0.2, 0.25) is 0 Å². The Labute approximate surface area is 159 Å². The standard InChI is InChI=1S/C17H14Cl3NO4/c1-10-6-11(18)3-5-15(10)24-9-17(23)25-8-16(22)21-14-4-2-12(19)7-13(14)20/h2-7H,8-9H2,1H3,(H,21,22). The van der Waals surface area contributed by atoms with Crippen molar-refractivity contribution >= 4 is 52.4 Å². The molecule has 1 amide bonds.